The second-order valence-corrected chi connectivity index (χ2v) is 11.8. The summed E-state index contributed by atoms with van der Waals surface area (Å²) in [4.78, 5) is 37.7. The molecule has 8 heteroatoms. The molecule has 2 N–H and O–H groups in total. The number of ether oxygens (including phenoxy) is 1. The molecule has 0 saturated carbocycles. The Morgan fingerprint density at radius 1 is 1.08 bits per heavy atom. The van der Waals surface area contributed by atoms with Crippen LogP contribution in [0.4, 0.5) is 4.79 Å². The third-order valence-corrected chi connectivity index (χ3v) is 7.36. The molecule has 2 amide bonds. The van der Waals surface area contributed by atoms with Gasteiger partial charge < -0.3 is 24.8 Å². The summed E-state index contributed by atoms with van der Waals surface area (Å²) in [5.74, 6) is 2.29. The molecule has 8 nitrogen and oxygen atoms in total. The van der Waals surface area contributed by atoms with E-state index >= 15 is 0 Å². The topological polar surface area (TPSA) is 90.6 Å². The molecule has 0 radical (unpaired) electrons. The van der Waals surface area contributed by atoms with Gasteiger partial charge in [0.2, 0.25) is 0 Å². The number of imidazole rings is 1. The Bertz CT molecular complexity index is 1040. The predicted molar refractivity (Wildman–Crippen MR) is 142 cm³/mol. The number of amides is 2. The lowest BCUT2D eigenvalue weighted by Gasteiger charge is -2.38. The van der Waals surface area contributed by atoms with Crippen LogP contribution in [0.2, 0.25) is 0 Å². The van der Waals surface area contributed by atoms with Gasteiger partial charge in [-0.25, -0.2) is 9.78 Å². The van der Waals surface area contributed by atoms with Gasteiger partial charge >= 0.3 is 6.09 Å². The molecule has 1 aromatic carbocycles. The minimum atomic E-state index is -0.443. The number of carbonyl (C=O) groups excluding carboxylic acids is 2. The summed E-state index contributed by atoms with van der Waals surface area (Å²) in [6, 6.07) is 5.75. The van der Waals surface area contributed by atoms with Crippen LogP contribution in [0.5, 0.6) is 0 Å². The lowest BCUT2D eigenvalue weighted by molar-refractivity contribution is 0.0164. The first-order valence-corrected chi connectivity index (χ1v) is 13.6. The van der Waals surface area contributed by atoms with Gasteiger partial charge in [-0.1, -0.05) is 19.9 Å². The molecule has 2 aliphatic heterocycles. The van der Waals surface area contributed by atoms with E-state index in [9.17, 15) is 9.59 Å². The molecule has 0 spiro atoms. The maximum atomic E-state index is 12.9. The van der Waals surface area contributed by atoms with E-state index in [1.165, 1.54) is 0 Å². The quantitative estimate of drug-likeness (QED) is 0.600. The molecule has 2 aliphatic rings. The number of aromatic amines is 1. The SMILES string of the molecule is CC(C)c1nc2c(C(=O)NCC3CCN(CC4CCN(C(=O)OC(C)(C)C)CC4)CC3)cccc2[nH]1. The van der Waals surface area contributed by atoms with E-state index in [2.05, 4.69) is 34.0 Å². The van der Waals surface area contributed by atoms with E-state index < -0.39 is 5.60 Å². The van der Waals surface area contributed by atoms with Crippen molar-refractivity contribution in [2.75, 3.05) is 39.3 Å². The summed E-state index contributed by atoms with van der Waals surface area (Å²) in [5, 5.41) is 3.17. The highest BCUT2D eigenvalue weighted by molar-refractivity contribution is 6.04. The molecule has 36 heavy (non-hydrogen) atoms. The number of H-pyrrole nitrogens is 1. The molecule has 198 valence electrons. The number of para-hydroxylation sites is 1. The van der Waals surface area contributed by atoms with Crippen molar-refractivity contribution in [3.05, 3.63) is 29.6 Å². The van der Waals surface area contributed by atoms with Gasteiger partial charge in [-0.15, -0.1) is 0 Å². The molecule has 2 saturated heterocycles. The number of piperidine rings is 2. The van der Waals surface area contributed by atoms with Crippen LogP contribution in [0.1, 0.15) is 82.4 Å². The molecule has 3 heterocycles. The molecule has 1 aromatic heterocycles. The Morgan fingerprint density at radius 2 is 1.75 bits per heavy atom. The molecule has 0 atom stereocenters. The zero-order valence-electron chi connectivity index (χ0n) is 22.6. The first-order chi connectivity index (χ1) is 17.1. The predicted octanol–water partition coefficient (Wildman–Crippen LogP) is 4.78. The van der Waals surface area contributed by atoms with E-state index in [0.29, 0.717) is 23.9 Å². The Morgan fingerprint density at radius 3 is 2.39 bits per heavy atom. The van der Waals surface area contributed by atoms with Crippen LogP contribution in [0.25, 0.3) is 11.0 Å². The molecule has 0 bridgehead atoms. The standard InChI is InChI=1S/C28H43N5O3/c1-19(2)25-30-23-8-6-7-22(24(23)31-25)26(34)29-17-20-9-13-32(14-10-20)18-21-11-15-33(16-12-21)27(35)36-28(3,4)5/h6-8,19-21H,9-18H2,1-5H3,(H,29,34)(H,30,31). The van der Waals surface area contributed by atoms with Crippen molar-refractivity contribution in [1.82, 2.24) is 25.1 Å². The largest absolute Gasteiger partial charge is 0.444 e. The number of nitrogens with one attached hydrogen (secondary N) is 2. The van der Waals surface area contributed by atoms with Crippen molar-refractivity contribution in [2.45, 2.75) is 71.8 Å². The summed E-state index contributed by atoms with van der Waals surface area (Å²) >= 11 is 0. The summed E-state index contributed by atoms with van der Waals surface area (Å²) in [5.41, 5.74) is 1.87. The van der Waals surface area contributed by atoms with Crippen LogP contribution in [0.15, 0.2) is 18.2 Å². The van der Waals surface area contributed by atoms with Crippen LogP contribution in [-0.2, 0) is 4.74 Å². The van der Waals surface area contributed by atoms with Crippen molar-refractivity contribution in [2.24, 2.45) is 11.8 Å². The van der Waals surface area contributed by atoms with Crippen molar-refractivity contribution in [3.63, 3.8) is 0 Å². The van der Waals surface area contributed by atoms with Gasteiger partial charge in [-0.2, -0.15) is 0 Å². The first-order valence-electron chi connectivity index (χ1n) is 13.6. The van der Waals surface area contributed by atoms with E-state index in [-0.39, 0.29) is 17.9 Å². The monoisotopic (exact) mass is 497 g/mol. The average molecular weight is 498 g/mol. The van der Waals surface area contributed by atoms with E-state index in [1.54, 1.807) is 0 Å². The fourth-order valence-corrected chi connectivity index (χ4v) is 5.20. The van der Waals surface area contributed by atoms with Crippen LogP contribution in [0, 0.1) is 11.8 Å². The van der Waals surface area contributed by atoms with Crippen LogP contribution < -0.4 is 5.32 Å². The minimum Gasteiger partial charge on any atom is -0.444 e. The average Bonchev–Trinajstić information content (AvgIpc) is 3.28. The van der Waals surface area contributed by atoms with E-state index in [1.807, 2.05) is 43.9 Å². The summed E-state index contributed by atoms with van der Waals surface area (Å²) in [6.45, 7) is 15.4. The second-order valence-electron chi connectivity index (χ2n) is 11.8. The van der Waals surface area contributed by atoms with Gasteiger partial charge in [0, 0.05) is 32.1 Å². The fraction of sp³-hybridized carbons (Fsp3) is 0.679. The van der Waals surface area contributed by atoms with Gasteiger partial charge in [-0.3, -0.25) is 4.79 Å². The molecule has 4 rings (SSSR count). The highest BCUT2D eigenvalue weighted by atomic mass is 16.6. The van der Waals surface area contributed by atoms with Gasteiger partial charge in [0.05, 0.1) is 11.1 Å². The Kier molecular flexibility index (Phi) is 8.23. The van der Waals surface area contributed by atoms with Crippen molar-refractivity contribution in [3.8, 4) is 0 Å². The molecular formula is C28H43N5O3. The van der Waals surface area contributed by atoms with Crippen molar-refractivity contribution < 1.29 is 14.3 Å². The molecule has 2 fully saturated rings. The lowest BCUT2D eigenvalue weighted by atomic mass is 9.92. The molecule has 0 aliphatic carbocycles. The maximum Gasteiger partial charge on any atom is 0.410 e. The first kappa shape index (κ1) is 26.5. The number of hydrogen-bond acceptors (Lipinski definition) is 5. The van der Waals surface area contributed by atoms with Crippen molar-refractivity contribution >= 4 is 23.0 Å². The number of rotatable bonds is 6. The molecule has 2 aromatic rings. The van der Waals surface area contributed by atoms with Crippen LogP contribution in [0.3, 0.4) is 0 Å². The summed E-state index contributed by atoms with van der Waals surface area (Å²) in [6.07, 6.45) is 4.08. The van der Waals surface area contributed by atoms with Gasteiger partial charge in [0.25, 0.3) is 5.91 Å². The summed E-state index contributed by atoms with van der Waals surface area (Å²) < 4.78 is 5.52. The normalized spacial score (nSPS) is 18.7. The number of hydrogen-bond donors (Lipinski definition) is 2. The Hall–Kier alpha value is -2.61. The van der Waals surface area contributed by atoms with Crippen molar-refractivity contribution in [1.29, 1.82) is 0 Å². The number of aromatic nitrogens is 2. The zero-order chi connectivity index (χ0) is 25.9. The summed E-state index contributed by atoms with van der Waals surface area (Å²) in [7, 11) is 0. The smallest absolute Gasteiger partial charge is 0.410 e. The van der Waals surface area contributed by atoms with Gasteiger partial charge in [0.1, 0.15) is 16.9 Å². The molecular weight excluding hydrogens is 454 g/mol. The molecule has 0 unspecified atom stereocenters. The number of likely N-dealkylation sites (tertiary alicyclic amines) is 2. The maximum absolute atomic E-state index is 12.9. The number of fused-ring (bicyclic) bond motifs is 1. The number of benzene rings is 1. The van der Waals surface area contributed by atoms with Crippen LogP contribution >= 0.6 is 0 Å². The fourth-order valence-electron chi connectivity index (χ4n) is 5.20. The third kappa shape index (κ3) is 6.78. The minimum absolute atomic E-state index is 0.0402. The Labute approximate surface area is 215 Å². The van der Waals surface area contributed by atoms with E-state index in [0.717, 1.165) is 75.3 Å². The van der Waals surface area contributed by atoms with Gasteiger partial charge in [0.15, 0.2) is 0 Å². The van der Waals surface area contributed by atoms with Crippen LogP contribution in [-0.4, -0.2) is 76.6 Å². The second kappa shape index (κ2) is 11.2. The zero-order valence-corrected chi connectivity index (χ0v) is 22.6. The van der Waals surface area contributed by atoms with Gasteiger partial charge in [-0.05, 0) is 83.5 Å². The third-order valence-electron chi connectivity index (χ3n) is 7.36. The van der Waals surface area contributed by atoms with E-state index in [4.69, 9.17) is 4.74 Å². The number of nitrogens with zero attached hydrogens (tertiary/aromatic N) is 3. The lowest BCUT2D eigenvalue weighted by Crippen LogP contribution is -2.45. The highest BCUT2D eigenvalue weighted by Crippen LogP contribution is 2.24. The highest BCUT2D eigenvalue weighted by Gasteiger charge is 2.29. The number of carbonyl (C=O) groups is 2. The Balaban J connectivity index is 1.18.